The van der Waals surface area contributed by atoms with Gasteiger partial charge in [0.05, 0.1) is 19.8 Å². The van der Waals surface area contributed by atoms with Gasteiger partial charge < -0.3 is 14.6 Å². The minimum absolute atomic E-state index is 0.649. The van der Waals surface area contributed by atoms with Crippen LogP contribution in [-0.4, -0.2) is 19.3 Å². The monoisotopic (exact) mass is 224 g/mol. The summed E-state index contributed by atoms with van der Waals surface area (Å²) in [4.78, 5) is 0. The van der Waals surface area contributed by atoms with E-state index >= 15 is 0 Å². The second kappa shape index (κ2) is 5.21. The van der Waals surface area contributed by atoms with Crippen LogP contribution >= 0.6 is 0 Å². The van der Waals surface area contributed by atoms with Gasteiger partial charge in [0, 0.05) is 0 Å². The number of methoxy groups -OCH3 is 2. The molecule has 0 unspecified atom stereocenters. The normalized spacial score (nSPS) is 14.3. The van der Waals surface area contributed by atoms with Crippen molar-refractivity contribution >= 4 is 0 Å². The van der Waals surface area contributed by atoms with Crippen molar-refractivity contribution in [1.29, 1.82) is 0 Å². The third-order valence-corrected chi connectivity index (χ3v) is 2.74. The van der Waals surface area contributed by atoms with Crippen LogP contribution < -0.4 is 9.47 Å². The molecule has 1 aromatic carbocycles. The molecule has 0 aliphatic rings. The fourth-order valence-electron chi connectivity index (χ4n) is 1.80. The summed E-state index contributed by atoms with van der Waals surface area (Å²) in [5, 5.41) is 10.3. The Hall–Kier alpha value is -1.22. The Morgan fingerprint density at radius 2 is 1.81 bits per heavy atom. The zero-order valence-corrected chi connectivity index (χ0v) is 10.4. The van der Waals surface area contributed by atoms with Crippen molar-refractivity contribution in [2.24, 2.45) is 0 Å². The van der Waals surface area contributed by atoms with Gasteiger partial charge in [-0.1, -0.05) is 19.4 Å². The van der Waals surface area contributed by atoms with E-state index in [1.807, 2.05) is 25.1 Å². The highest BCUT2D eigenvalue weighted by molar-refractivity contribution is 5.44. The molecule has 3 nitrogen and oxygen atoms in total. The average Bonchev–Trinajstić information content (AvgIpc) is 2.28. The van der Waals surface area contributed by atoms with E-state index in [1.54, 1.807) is 14.2 Å². The van der Waals surface area contributed by atoms with E-state index in [4.69, 9.17) is 9.47 Å². The molecule has 90 valence electrons. The second-order valence-electron chi connectivity index (χ2n) is 4.09. The number of benzene rings is 1. The smallest absolute Gasteiger partial charge is 0.161 e. The van der Waals surface area contributed by atoms with Crippen LogP contribution in [0, 0.1) is 0 Å². The largest absolute Gasteiger partial charge is 0.493 e. The fraction of sp³-hybridized carbons (Fsp3) is 0.538. The number of aliphatic hydroxyl groups is 1. The Morgan fingerprint density at radius 1 is 1.19 bits per heavy atom. The van der Waals surface area contributed by atoms with Crippen molar-refractivity contribution < 1.29 is 14.6 Å². The quantitative estimate of drug-likeness (QED) is 0.835. The second-order valence-corrected chi connectivity index (χ2v) is 4.09. The maximum absolute atomic E-state index is 10.3. The van der Waals surface area contributed by atoms with Gasteiger partial charge in [0.2, 0.25) is 0 Å². The molecule has 1 aromatic rings. The van der Waals surface area contributed by atoms with Crippen LogP contribution in [0.15, 0.2) is 18.2 Å². The van der Waals surface area contributed by atoms with Crippen LogP contribution in [0.2, 0.25) is 0 Å². The SMILES string of the molecule is CCC[C@@](C)(O)c1ccc(OC)c(OC)c1. The van der Waals surface area contributed by atoms with Crippen molar-refractivity contribution in [1.82, 2.24) is 0 Å². The minimum Gasteiger partial charge on any atom is -0.493 e. The molecular formula is C13H20O3. The Labute approximate surface area is 97.0 Å². The zero-order valence-electron chi connectivity index (χ0n) is 10.4. The summed E-state index contributed by atoms with van der Waals surface area (Å²) in [5.74, 6) is 1.33. The topological polar surface area (TPSA) is 38.7 Å². The van der Waals surface area contributed by atoms with Gasteiger partial charge in [-0.05, 0) is 31.0 Å². The maximum Gasteiger partial charge on any atom is 0.161 e. The lowest BCUT2D eigenvalue weighted by Crippen LogP contribution is -2.20. The lowest BCUT2D eigenvalue weighted by Gasteiger charge is -2.24. The van der Waals surface area contributed by atoms with Crippen LogP contribution in [0.3, 0.4) is 0 Å². The van der Waals surface area contributed by atoms with Crippen LogP contribution in [0.1, 0.15) is 32.3 Å². The van der Waals surface area contributed by atoms with Crippen molar-refractivity contribution in [2.75, 3.05) is 14.2 Å². The van der Waals surface area contributed by atoms with Gasteiger partial charge in [0.1, 0.15) is 0 Å². The molecule has 3 heteroatoms. The number of ether oxygens (including phenoxy) is 2. The van der Waals surface area contributed by atoms with Crippen molar-refractivity contribution in [3.63, 3.8) is 0 Å². The maximum atomic E-state index is 10.3. The summed E-state index contributed by atoms with van der Waals surface area (Å²) in [6.45, 7) is 3.87. The minimum atomic E-state index is -0.811. The van der Waals surface area contributed by atoms with E-state index < -0.39 is 5.60 Å². The van der Waals surface area contributed by atoms with E-state index in [0.717, 1.165) is 18.4 Å². The van der Waals surface area contributed by atoms with Gasteiger partial charge in [-0.2, -0.15) is 0 Å². The lowest BCUT2D eigenvalue weighted by molar-refractivity contribution is 0.0467. The molecule has 0 aliphatic carbocycles. The van der Waals surface area contributed by atoms with Crippen LogP contribution in [0.4, 0.5) is 0 Å². The summed E-state index contributed by atoms with van der Waals surface area (Å²) < 4.78 is 10.4. The summed E-state index contributed by atoms with van der Waals surface area (Å²) in [5.41, 5.74) is 0.0425. The van der Waals surface area contributed by atoms with E-state index in [0.29, 0.717) is 11.5 Å². The van der Waals surface area contributed by atoms with Crippen molar-refractivity contribution in [3.05, 3.63) is 23.8 Å². The third kappa shape index (κ3) is 2.67. The van der Waals surface area contributed by atoms with Crippen LogP contribution in [0.5, 0.6) is 11.5 Å². The first-order chi connectivity index (χ1) is 7.55. The molecule has 0 saturated carbocycles. The molecule has 0 aromatic heterocycles. The molecule has 0 radical (unpaired) electrons. The van der Waals surface area contributed by atoms with Gasteiger partial charge in [0.15, 0.2) is 11.5 Å². The standard InChI is InChI=1S/C13H20O3/c1-5-8-13(2,14)10-6-7-11(15-3)12(9-10)16-4/h6-7,9,14H,5,8H2,1-4H3/t13-/m1/s1. The Balaban J connectivity index is 3.07. The van der Waals surface area contributed by atoms with Crippen LogP contribution in [-0.2, 0) is 5.60 Å². The highest BCUT2D eigenvalue weighted by Crippen LogP contribution is 2.33. The predicted octanol–water partition coefficient (Wildman–Crippen LogP) is 2.71. The first-order valence-corrected chi connectivity index (χ1v) is 5.50. The molecule has 1 rings (SSSR count). The first-order valence-electron chi connectivity index (χ1n) is 5.50. The third-order valence-electron chi connectivity index (χ3n) is 2.74. The van der Waals surface area contributed by atoms with Crippen molar-refractivity contribution in [3.8, 4) is 11.5 Å². The molecule has 0 aliphatic heterocycles. The fourth-order valence-corrected chi connectivity index (χ4v) is 1.80. The summed E-state index contributed by atoms with van der Waals surface area (Å²) in [6, 6.07) is 5.52. The molecule has 0 fully saturated rings. The number of rotatable bonds is 5. The lowest BCUT2D eigenvalue weighted by atomic mass is 9.91. The van der Waals surface area contributed by atoms with E-state index in [2.05, 4.69) is 6.92 Å². The highest BCUT2D eigenvalue weighted by Gasteiger charge is 2.23. The van der Waals surface area contributed by atoms with Gasteiger partial charge >= 0.3 is 0 Å². The van der Waals surface area contributed by atoms with Gasteiger partial charge in [-0.15, -0.1) is 0 Å². The summed E-state index contributed by atoms with van der Waals surface area (Å²) in [6.07, 6.45) is 1.66. The van der Waals surface area contributed by atoms with Gasteiger partial charge in [-0.3, -0.25) is 0 Å². The molecule has 0 bridgehead atoms. The zero-order chi connectivity index (χ0) is 12.2. The number of hydrogen-bond donors (Lipinski definition) is 1. The van der Waals surface area contributed by atoms with E-state index in [-0.39, 0.29) is 0 Å². The molecule has 0 spiro atoms. The predicted molar refractivity (Wildman–Crippen MR) is 64.0 cm³/mol. The molecule has 0 saturated heterocycles. The first kappa shape index (κ1) is 12.8. The number of hydrogen-bond acceptors (Lipinski definition) is 3. The summed E-state index contributed by atoms with van der Waals surface area (Å²) >= 11 is 0. The Bertz CT molecular complexity index is 345. The molecule has 0 heterocycles. The van der Waals surface area contributed by atoms with Gasteiger partial charge in [-0.25, -0.2) is 0 Å². The van der Waals surface area contributed by atoms with Gasteiger partial charge in [0.25, 0.3) is 0 Å². The molecular weight excluding hydrogens is 204 g/mol. The van der Waals surface area contributed by atoms with E-state index in [9.17, 15) is 5.11 Å². The molecule has 0 amide bonds. The Morgan fingerprint density at radius 3 is 2.31 bits per heavy atom. The van der Waals surface area contributed by atoms with Crippen LogP contribution in [0.25, 0.3) is 0 Å². The Kier molecular flexibility index (Phi) is 4.19. The molecule has 1 atom stereocenters. The molecule has 16 heavy (non-hydrogen) atoms. The van der Waals surface area contributed by atoms with Crippen molar-refractivity contribution in [2.45, 2.75) is 32.3 Å². The molecule has 1 N–H and O–H groups in total. The van der Waals surface area contributed by atoms with E-state index in [1.165, 1.54) is 0 Å². The highest BCUT2D eigenvalue weighted by atomic mass is 16.5. The summed E-state index contributed by atoms with van der Waals surface area (Å²) in [7, 11) is 3.19. The average molecular weight is 224 g/mol.